The van der Waals surface area contributed by atoms with Crippen molar-refractivity contribution in [1.82, 2.24) is 21.3 Å². The Morgan fingerprint density at radius 1 is 0.307 bits per heavy atom. The molecule has 0 aliphatic carbocycles. The second-order valence-corrected chi connectivity index (χ2v) is 45.3. The Morgan fingerprint density at radius 3 is 0.679 bits per heavy atom. The van der Waals surface area contributed by atoms with Crippen LogP contribution in [0.15, 0.2) is 97.1 Å². The lowest BCUT2D eigenvalue weighted by Gasteiger charge is -2.32. The van der Waals surface area contributed by atoms with Gasteiger partial charge in [0.2, 0.25) is 0 Å². The number of nitrogens with one attached hydrogen (secondary N) is 4. The van der Waals surface area contributed by atoms with Crippen LogP contribution >= 0.6 is 45.3 Å². The van der Waals surface area contributed by atoms with Gasteiger partial charge >= 0.3 is 23.9 Å². The van der Waals surface area contributed by atoms with E-state index in [1.54, 1.807) is 13.8 Å². The number of rotatable bonds is 41. The Labute approximate surface area is 848 Å². The highest BCUT2D eigenvalue weighted by molar-refractivity contribution is 7.15. The van der Waals surface area contributed by atoms with Gasteiger partial charge in [-0.2, -0.15) is 0 Å². The molecule has 4 aromatic heterocycles. The molecule has 8 rings (SSSR count). The molecule has 0 aliphatic heterocycles. The van der Waals surface area contributed by atoms with Crippen molar-refractivity contribution in [3.63, 3.8) is 0 Å². The smallest absolute Gasteiger partial charge is 0.330 e. The first kappa shape index (κ1) is 121. The Balaban J connectivity index is 0.000000329. The van der Waals surface area contributed by atoms with Crippen LogP contribution in [0.3, 0.4) is 0 Å². The van der Waals surface area contributed by atoms with Crippen molar-refractivity contribution in [2.45, 2.75) is 336 Å². The summed E-state index contributed by atoms with van der Waals surface area (Å²) in [6.45, 7) is 61.7. The van der Waals surface area contributed by atoms with Crippen LogP contribution in [0.1, 0.15) is 336 Å². The molecule has 10 N–H and O–H groups in total. The summed E-state index contributed by atoms with van der Waals surface area (Å²) in [5.41, 5.74) is 9.93. The third-order valence-corrected chi connectivity index (χ3v) is 33.0. The number of aliphatic hydroxyl groups excluding tert-OH is 5. The van der Waals surface area contributed by atoms with Crippen LogP contribution in [0.25, 0.3) is 0 Å². The lowest BCUT2D eigenvalue weighted by molar-refractivity contribution is -0.144. The zero-order valence-corrected chi connectivity index (χ0v) is 92.8. The minimum absolute atomic E-state index is 0.222. The minimum atomic E-state index is -1.11. The summed E-state index contributed by atoms with van der Waals surface area (Å²) in [4.78, 5) is 105. The van der Waals surface area contributed by atoms with E-state index in [1.165, 1.54) is 84.7 Å². The Hall–Kier alpha value is -9.56. The van der Waals surface area contributed by atoms with E-state index in [0.717, 1.165) is 150 Å². The predicted molar refractivity (Wildman–Crippen MR) is 563 cm³/mol. The van der Waals surface area contributed by atoms with E-state index in [1.807, 2.05) is 169 Å². The minimum Gasteiger partial charge on any atom is -0.491 e. The van der Waals surface area contributed by atoms with Crippen molar-refractivity contribution in [2.24, 2.45) is 21.7 Å². The molecule has 0 radical (unpaired) electrons. The van der Waals surface area contributed by atoms with Gasteiger partial charge in [0.25, 0.3) is 23.6 Å². The standard InChI is InChI=1S/C28H41NO6S.2C28H41NO5S.C27H39NO5S/c1-9-28(10-2,19-11-12-21(17(3)13-19)35-16-22(31)27(5,6)7)23-14-18(4)24(36-23)25(32)29-20(15-30)26(33)34-8;2*1-10-28(11-2,20-12-13-21(17(3)14-20)34-16-22(30)27(6,7)8)23-15-18(4)24(35-23)25(31)29-19(5)26(32)33-9;1-9-27(10-2,22-14-17(4)23(34-22)24(30)28-18(5)25(31)32)19-11-12-20(16(3)13-19)33-15-21(29)26(6,7)8/h11-14,20,22,30-31H,9-10,15-16H2,1-8H3,(H,29,32);2*12-15,19,22,30H,10-11,16H2,1-9H3,(H,29,31);11-14,18,21,29H,9-10,15H2,1-8H3,(H,28,30)(H,31,32)/t20-,22?;2*19-,22?;18-,21?/m0100/s1. The first-order valence-electron chi connectivity index (χ1n) is 48.6. The average Bonchev–Trinajstić information content (AvgIpc) is 1.59. The Bertz CT molecular complexity index is 5290. The number of methoxy groups -OCH3 is 3. The van der Waals surface area contributed by atoms with E-state index in [4.69, 9.17) is 33.5 Å². The summed E-state index contributed by atoms with van der Waals surface area (Å²) in [6.07, 6.45) is 4.54. The van der Waals surface area contributed by atoms with Crippen molar-refractivity contribution >= 4 is 92.9 Å². The van der Waals surface area contributed by atoms with E-state index in [0.29, 0.717) is 19.5 Å². The number of aliphatic carboxylic acids is 1. The van der Waals surface area contributed by atoms with E-state index >= 15 is 0 Å². The van der Waals surface area contributed by atoms with Gasteiger partial charge in [0.1, 0.15) is 67.6 Å². The predicted octanol–water partition coefficient (Wildman–Crippen LogP) is 21.1. The van der Waals surface area contributed by atoms with Crippen LogP contribution in [-0.4, -0.2) is 181 Å². The number of hydrogen-bond donors (Lipinski definition) is 10. The molecule has 0 aliphatic rings. The van der Waals surface area contributed by atoms with Crippen LogP contribution in [-0.2, 0) is 55.0 Å². The molecule has 8 atom stereocenters. The number of carbonyl (C=O) groups is 8. The molecule has 776 valence electrons. The second-order valence-electron chi connectivity index (χ2n) is 41.0. The van der Waals surface area contributed by atoms with Gasteiger partial charge in [-0.25, -0.2) is 14.4 Å². The number of aryl methyl sites for hydroxylation is 8. The third kappa shape index (κ3) is 30.3. The summed E-state index contributed by atoms with van der Waals surface area (Å²) < 4.78 is 37.9. The molecule has 4 aromatic carbocycles. The number of amides is 4. The van der Waals surface area contributed by atoms with Gasteiger partial charge in [0.05, 0.1) is 71.9 Å². The monoisotopic (exact) mass is 2020 g/mol. The Morgan fingerprint density at radius 2 is 0.507 bits per heavy atom. The van der Waals surface area contributed by atoms with Crippen molar-refractivity contribution in [1.29, 1.82) is 0 Å². The van der Waals surface area contributed by atoms with E-state index < -0.39 is 85.0 Å². The highest BCUT2D eigenvalue weighted by Crippen LogP contribution is 2.50. The fourth-order valence-corrected chi connectivity index (χ4v) is 22.1. The largest absolute Gasteiger partial charge is 0.491 e. The topological polar surface area (TPSA) is 371 Å². The summed E-state index contributed by atoms with van der Waals surface area (Å²) in [5, 5.41) is 70.5. The lowest BCUT2D eigenvalue weighted by atomic mass is 9.74. The quantitative estimate of drug-likeness (QED) is 0.0126. The molecule has 0 saturated heterocycles. The molecule has 0 fully saturated rings. The Kier molecular flexibility index (Phi) is 45.0. The maximum Gasteiger partial charge on any atom is 0.330 e. The van der Waals surface area contributed by atoms with Crippen LogP contribution in [0.2, 0.25) is 0 Å². The number of carbonyl (C=O) groups excluding carboxylic acids is 7. The molecular formula is C111H162N4O21S4. The molecule has 4 heterocycles. The van der Waals surface area contributed by atoms with E-state index in [9.17, 15) is 63.9 Å². The number of esters is 3. The van der Waals surface area contributed by atoms with Gasteiger partial charge in [0, 0.05) is 41.2 Å². The number of benzene rings is 4. The average molecular weight is 2020 g/mol. The summed E-state index contributed by atoms with van der Waals surface area (Å²) in [6, 6.07) is 29.5. The summed E-state index contributed by atoms with van der Waals surface area (Å²) >= 11 is 5.79. The fraction of sp³-hybridized carbons (Fsp3) is 0.568. The van der Waals surface area contributed by atoms with E-state index in [-0.39, 0.29) is 87.5 Å². The van der Waals surface area contributed by atoms with Gasteiger partial charge in [-0.3, -0.25) is 24.0 Å². The molecule has 29 heteroatoms. The van der Waals surface area contributed by atoms with Crippen molar-refractivity contribution in [3.05, 3.63) is 203 Å². The molecule has 0 spiro atoms. The summed E-state index contributed by atoms with van der Waals surface area (Å²) in [5.74, 6) is -0.999. The molecule has 0 saturated carbocycles. The highest BCUT2D eigenvalue weighted by atomic mass is 32.1. The number of carboxylic acids is 1. The maximum atomic E-state index is 12.9. The second kappa shape index (κ2) is 52.1. The van der Waals surface area contributed by atoms with Crippen molar-refractivity contribution < 1.29 is 102 Å². The fourth-order valence-electron chi connectivity index (χ4n) is 16.3. The van der Waals surface area contributed by atoms with Crippen LogP contribution < -0.4 is 40.2 Å². The van der Waals surface area contributed by atoms with Crippen LogP contribution in [0.5, 0.6) is 23.0 Å². The number of aliphatic hydroxyl groups is 5. The first-order valence-corrected chi connectivity index (χ1v) is 51.9. The van der Waals surface area contributed by atoms with E-state index in [2.05, 4.69) is 148 Å². The lowest BCUT2D eigenvalue weighted by Crippen LogP contribution is -2.43. The van der Waals surface area contributed by atoms with Crippen molar-refractivity contribution in [3.8, 4) is 23.0 Å². The van der Waals surface area contributed by atoms with Gasteiger partial charge < -0.3 is 85.1 Å². The van der Waals surface area contributed by atoms with Gasteiger partial charge in [0.15, 0.2) is 6.04 Å². The molecular weight excluding hydrogens is 1850 g/mol. The molecule has 0 bridgehead atoms. The maximum absolute atomic E-state index is 12.9. The van der Waals surface area contributed by atoms with Crippen LogP contribution in [0.4, 0.5) is 0 Å². The normalized spacial score (nSPS) is 13.8. The molecule has 8 aromatic rings. The number of ether oxygens (including phenoxy) is 7. The third-order valence-electron chi connectivity index (χ3n) is 27.2. The van der Waals surface area contributed by atoms with Gasteiger partial charge in [-0.1, -0.05) is 187 Å². The van der Waals surface area contributed by atoms with Crippen molar-refractivity contribution in [2.75, 3.05) is 54.4 Å². The first-order chi connectivity index (χ1) is 65.2. The molecule has 140 heavy (non-hydrogen) atoms. The zero-order chi connectivity index (χ0) is 106. The van der Waals surface area contributed by atoms with Gasteiger partial charge in [-0.15, -0.1) is 45.3 Å². The number of hydrogen-bond acceptors (Lipinski definition) is 24. The number of thiophene rings is 4. The van der Waals surface area contributed by atoms with Gasteiger partial charge in [-0.05, 0) is 264 Å². The SMILES string of the molecule is CCC(CC)(c1ccc(OCC(O)C(C)(C)C)c(C)c1)c1cc(C)c(C(=O)N[C@@H](C)C(=O)O)s1.CCC(CC)(c1ccc(OCC(O)C(C)(C)C)c(C)c1)c1cc(C)c(C(=O)N[C@@H](C)C(=O)OC)s1.CCC(CC)(c1ccc(OCC(O)C(C)(C)C)c(C)c1)c1cc(C)c(C(=O)N[C@@H](CO)C(=O)OC)s1.CCC(CC)(c1ccc(OCC(O)C(C)(C)C)c(C)c1)c1cc(C)c(C(=O)N[C@H](C)C(=O)OC)s1. The highest BCUT2D eigenvalue weighted by Gasteiger charge is 2.41. The molecule has 4 unspecified atom stereocenters. The van der Waals surface area contributed by atoms with Crippen LogP contribution in [0, 0.1) is 77.0 Å². The molecule has 4 amide bonds. The number of carboxylic acid groups (broad SMARTS) is 1. The summed E-state index contributed by atoms with van der Waals surface area (Å²) in [7, 11) is 3.83. The zero-order valence-electron chi connectivity index (χ0n) is 89.5. The molecule has 25 nitrogen and oxygen atoms in total.